The summed E-state index contributed by atoms with van der Waals surface area (Å²) in [5, 5.41) is 11.6. The van der Waals surface area contributed by atoms with Crippen molar-refractivity contribution in [3.63, 3.8) is 0 Å². The van der Waals surface area contributed by atoms with Crippen LogP contribution in [0, 0.1) is 17.8 Å². The molecule has 0 amide bonds. The Bertz CT molecular complexity index is 766. The van der Waals surface area contributed by atoms with Gasteiger partial charge in [-0.05, 0) is 48.8 Å². The number of aliphatic hydroxyl groups is 1. The van der Waals surface area contributed by atoms with Crippen LogP contribution < -0.4 is 5.30 Å². The van der Waals surface area contributed by atoms with Gasteiger partial charge in [-0.1, -0.05) is 51.5 Å². The fourth-order valence-electron chi connectivity index (χ4n) is 4.06. The van der Waals surface area contributed by atoms with Crippen molar-refractivity contribution in [1.29, 1.82) is 0 Å². The summed E-state index contributed by atoms with van der Waals surface area (Å²) in [6, 6.07) is 12.6. The van der Waals surface area contributed by atoms with Crippen molar-refractivity contribution in [2.24, 2.45) is 17.8 Å². The highest BCUT2D eigenvalue weighted by Crippen LogP contribution is 2.60. The van der Waals surface area contributed by atoms with Crippen LogP contribution in [0.5, 0.6) is 0 Å². The van der Waals surface area contributed by atoms with Gasteiger partial charge in [-0.15, -0.1) is 0 Å². The molecule has 5 heteroatoms. The molecule has 27 heavy (non-hydrogen) atoms. The van der Waals surface area contributed by atoms with Crippen LogP contribution in [0.15, 0.2) is 54.9 Å². The highest BCUT2D eigenvalue weighted by Gasteiger charge is 2.42. The van der Waals surface area contributed by atoms with Crippen molar-refractivity contribution in [3.05, 3.63) is 60.4 Å². The first kappa shape index (κ1) is 20.3. The molecule has 1 N–H and O–H groups in total. The van der Waals surface area contributed by atoms with Crippen LogP contribution in [0.3, 0.4) is 0 Å². The number of nitrogens with zero attached hydrogens (tertiary/aromatic N) is 1. The van der Waals surface area contributed by atoms with Crippen molar-refractivity contribution < 1.29 is 14.2 Å². The molecular weight excluding hydrogens is 357 g/mol. The standard InChI is InChI=1S/C22H30NO3P/c1-16(2)20-12-11-17(3)14-21(20)26-27(25,19-9-5-4-6-10-19)22(24)18-8-7-13-23-15-18/h4-10,13,15-17,20-22,24H,11-12,14H2,1-3H3/t17-,20+,21-,22+,27-/m0/s1. The molecule has 1 fully saturated rings. The second-order valence-electron chi connectivity index (χ2n) is 8.06. The van der Waals surface area contributed by atoms with Gasteiger partial charge >= 0.3 is 0 Å². The molecule has 0 aliphatic heterocycles. The van der Waals surface area contributed by atoms with Crippen molar-refractivity contribution in [3.8, 4) is 0 Å². The van der Waals surface area contributed by atoms with E-state index in [2.05, 4.69) is 25.8 Å². The van der Waals surface area contributed by atoms with Crippen LogP contribution in [-0.2, 0) is 9.09 Å². The van der Waals surface area contributed by atoms with Crippen molar-refractivity contribution in [1.82, 2.24) is 4.98 Å². The third-order valence-corrected chi connectivity index (χ3v) is 8.22. The van der Waals surface area contributed by atoms with Crippen molar-refractivity contribution in [2.45, 2.75) is 52.0 Å². The monoisotopic (exact) mass is 387 g/mol. The third-order valence-electron chi connectivity index (χ3n) is 5.67. The lowest BCUT2D eigenvalue weighted by molar-refractivity contribution is 0.0427. The van der Waals surface area contributed by atoms with Crippen LogP contribution in [-0.4, -0.2) is 16.2 Å². The van der Waals surface area contributed by atoms with Gasteiger partial charge in [-0.25, -0.2) is 0 Å². The smallest absolute Gasteiger partial charge is 0.264 e. The molecule has 0 spiro atoms. The topological polar surface area (TPSA) is 59.4 Å². The van der Waals surface area contributed by atoms with E-state index >= 15 is 0 Å². The Hall–Kier alpha value is -1.48. The lowest BCUT2D eigenvalue weighted by atomic mass is 9.75. The van der Waals surface area contributed by atoms with E-state index in [0.717, 1.165) is 12.8 Å². The molecule has 0 radical (unpaired) electrons. The van der Waals surface area contributed by atoms with E-state index in [1.165, 1.54) is 6.42 Å². The Kier molecular flexibility index (Phi) is 6.52. The van der Waals surface area contributed by atoms with E-state index in [1.54, 1.807) is 36.7 Å². The quantitative estimate of drug-likeness (QED) is 0.696. The number of pyridine rings is 1. The maximum absolute atomic E-state index is 14.2. The van der Waals surface area contributed by atoms with Crippen LogP contribution in [0.4, 0.5) is 0 Å². The lowest BCUT2D eigenvalue weighted by Gasteiger charge is -2.39. The van der Waals surface area contributed by atoms with Gasteiger partial charge in [-0.2, -0.15) is 0 Å². The summed E-state index contributed by atoms with van der Waals surface area (Å²) in [5.74, 6) is 0.102. The zero-order valence-corrected chi connectivity index (χ0v) is 17.3. The van der Waals surface area contributed by atoms with E-state index in [9.17, 15) is 9.67 Å². The number of aliphatic hydroxyl groups excluding tert-OH is 1. The fraction of sp³-hybridized carbons (Fsp3) is 0.500. The van der Waals surface area contributed by atoms with Gasteiger partial charge in [0.2, 0.25) is 0 Å². The molecule has 146 valence electrons. The van der Waals surface area contributed by atoms with E-state index < -0.39 is 13.2 Å². The molecule has 5 atom stereocenters. The number of aromatic nitrogens is 1. The first-order valence-electron chi connectivity index (χ1n) is 9.83. The summed E-state index contributed by atoms with van der Waals surface area (Å²) in [6.07, 6.45) is 6.20. The molecule has 1 saturated carbocycles. The molecule has 1 aromatic carbocycles. The summed E-state index contributed by atoms with van der Waals surface area (Å²) in [7, 11) is -3.54. The molecule has 3 rings (SSSR count). The summed E-state index contributed by atoms with van der Waals surface area (Å²) < 4.78 is 20.6. The molecule has 1 aromatic heterocycles. The second-order valence-corrected chi connectivity index (χ2v) is 10.5. The Labute approximate surface area is 162 Å². The van der Waals surface area contributed by atoms with Crippen LogP contribution >= 0.6 is 7.37 Å². The molecular formula is C22H30NO3P. The predicted molar refractivity (Wildman–Crippen MR) is 109 cm³/mol. The van der Waals surface area contributed by atoms with Gasteiger partial charge < -0.3 is 9.63 Å². The molecule has 1 aliphatic rings. The Balaban J connectivity index is 1.98. The molecule has 0 saturated heterocycles. The average Bonchev–Trinajstić information content (AvgIpc) is 2.68. The van der Waals surface area contributed by atoms with E-state index in [-0.39, 0.29) is 6.10 Å². The van der Waals surface area contributed by atoms with Gasteiger partial charge in [0.15, 0.2) is 5.85 Å². The van der Waals surface area contributed by atoms with E-state index in [1.807, 2.05) is 18.2 Å². The maximum atomic E-state index is 14.2. The van der Waals surface area contributed by atoms with Crippen LogP contribution in [0.25, 0.3) is 0 Å². The Morgan fingerprint density at radius 1 is 1.15 bits per heavy atom. The highest BCUT2D eigenvalue weighted by atomic mass is 31.2. The zero-order chi connectivity index (χ0) is 19.4. The number of rotatable bonds is 6. The normalized spacial score (nSPS) is 26.5. The number of hydrogen-bond acceptors (Lipinski definition) is 4. The van der Waals surface area contributed by atoms with Crippen molar-refractivity contribution in [2.75, 3.05) is 0 Å². The van der Waals surface area contributed by atoms with Gasteiger partial charge in [0.25, 0.3) is 7.37 Å². The first-order chi connectivity index (χ1) is 12.9. The van der Waals surface area contributed by atoms with E-state index in [0.29, 0.717) is 28.6 Å². The summed E-state index contributed by atoms with van der Waals surface area (Å²) >= 11 is 0. The minimum absolute atomic E-state index is 0.119. The zero-order valence-electron chi connectivity index (χ0n) is 16.4. The first-order valence-corrected chi connectivity index (χ1v) is 11.5. The SMILES string of the molecule is CC(C)[C@H]1CC[C@H](C)C[C@@H]1O[P@@](=O)(c1ccccc1)[C@@H](O)c1cccnc1. The fourth-order valence-corrected chi connectivity index (χ4v) is 6.35. The van der Waals surface area contributed by atoms with Gasteiger partial charge in [-0.3, -0.25) is 9.55 Å². The molecule has 4 nitrogen and oxygen atoms in total. The van der Waals surface area contributed by atoms with Crippen LogP contribution in [0.1, 0.15) is 51.4 Å². The van der Waals surface area contributed by atoms with Crippen molar-refractivity contribution >= 4 is 12.7 Å². The largest absolute Gasteiger partial charge is 0.378 e. The number of benzene rings is 1. The van der Waals surface area contributed by atoms with Crippen LogP contribution in [0.2, 0.25) is 0 Å². The molecule has 1 aliphatic carbocycles. The van der Waals surface area contributed by atoms with Gasteiger partial charge in [0.05, 0.1) is 6.10 Å². The van der Waals surface area contributed by atoms with Gasteiger partial charge in [0, 0.05) is 23.3 Å². The maximum Gasteiger partial charge on any atom is 0.264 e. The minimum atomic E-state index is -3.54. The molecule has 0 unspecified atom stereocenters. The minimum Gasteiger partial charge on any atom is -0.378 e. The second kappa shape index (κ2) is 8.68. The lowest BCUT2D eigenvalue weighted by Crippen LogP contribution is -2.35. The number of hydrogen-bond donors (Lipinski definition) is 1. The molecule has 1 heterocycles. The molecule has 2 aromatic rings. The third kappa shape index (κ3) is 4.51. The summed E-state index contributed by atoms with van der Waals surface area (Å²) in [5.41, 5.74) is 0.523. The van der Waals surface area contributed by atoms with E-state index in [4.69, 9.17) is 4.52 Å². The Morgan fingerprint density at radius 3 is 2.52 bits per heavy atom. The predicted octanol–water partition coefficient (Wildman–Crippen LogP) is 5.15. The average molecular weight is 387 g/mol. The highest BCUT2D eigenvalue weighted by molar-refractivity contribution is 7.67. The Morgan fingerprint density at radius 2 is 1.89 bits per heavy atom. The molecule has 0 bridgehead atoms. The van der Waals surface area contributed by atoms with Gasteiger partial charge in [0.1, 0.15) is 0 Å². The summed E-state index contributed by atoms with van der Waals surface area (Å²) in [4.78, 5) is 4.08. The summed E-state index contributed by atoms with van der Waals surface area (Å²) in [6.45, 7) is 6.61.